The van der Waals surface area contributed by atoms with Crippen LogP contribution in [-0.4, -0.2) is 19.3 Å². The molecule has 0 fully saturated rings. The standard InChI is InChI=1S/C19H16N4/c1-14(15-6-4-3-5-7-15)16-12-21-23(13-16)18-8-10-20-19-17(18)9-11-22(19)2/h3-13H,1H2,2H3. The third-order valence-corrected chi connectivity index (χ3v) is 4.05. The lowest BCUT2D eigenvalue weighted by molar-refractivity contribution is 0.884. The summed E-state index contributed by atoms with van der Waals surface area (Å²) in [4.78, 5) is 4.42. The fraction of sp³-hybridized carbons (Fsp3) is 0.0526. The molecule has 0 spiro atoms. The lowest BCUT2D eigenvalue weighted by atomic mass is 10.0. The monoisotopic (exact) mass is 300 g/mol. The van der Waals surface area contributed by atoms with E-state index in [0.29, 0.717) is 0 Å². The fourth-order valence-corrected chi connectivity index (χ4v) is 2.77. The second-order valence-electron chi connectivity index (χ2n) is 5.51. The summed E-state index contributed by atoms with van der Waals surface area (Å²) in [5.41, 5.74) is 5.04. The summed E-state index contributed by atoms with van der Waals surface area (Å²) < 4.78 is 3.89. The first-order chi connectivity index (χ1) is 11.2. The normalized spacial score (nSPS) is 11.0. The van der Waals surface area contributed by atoms with Crippen LogP contribution in [0, 0.1) is 0 Å². The minimum absolute atomic E-state index is 0.946. The molecule has 0 aliphatic carbocycles. The molecule has 23 heavy (non-hydrogen) atoms. The second-order valence-corrected chi connectivity index (χ2v) is 5.51. The largest absolute Gasteiger partial charge is 0.336 e. The molecular formula is C19H16N4. The van der Waals surface area contributed by atoms with Gasteiger partial charge >= 0.3 is 0 Å². The van der Waals surface area contributed by atoms with Crippen molar-refractivity contribution in [2.75, 3.05) is 0 Å². The molecule has 0 unspecified atom stereocenters. The molecule has 4 aromatic rings. The number of rotatable bonds is 3. The number of aromatic nitrogens is 4. The molecule has 0 atom stereocenters. The van der Waals surface area contributed by atoms with Gasteiger partial charge in [0.05, 0.1) is 11.9 Å². The molecule has 0 radical (unpaired) electrons. The van der Waals surface area contributed by atoms with Crippen molar-refractivity contribution in [3.63, 3.8) is 0 Å². The number of fused-ring (bicyclic) bond motifs is 1. The lowest BCUT2D eigenvalue weighted by Crippen LogP contribution is -1.96. The zero-order valence-corrected chi connectivity index (χ0v) is 12.8. The quantitative estimate of drug-likeness (QED) is 0.576. The Labute approximate surface area is 134 Å². The third kappa shape index (κ3) is 2.25. The Bertz CT molecular complexity index is 993. The molecule has 4 nitrogen and oxygen atoms in total. The van der Waals surface area contributed by atoms with Crippen LogP contribution in [0.15, 0.2) is 73.8 Å². The van der Waals surface area contributed by atoms with Crippen LogP contribution < -0.4 is 0 Å². The molecule has 112 valence electrons. The fourth-order valence-electron chi connectivity index (χ4n) is 2.77. The van der Waals surface area contributed by atoms with Crippen LogP contribution in [0.1, 0.15) is 11.1 Å². The van der Waals surface area contributed by atoms with E-state index in [-0.39, 0.29) is 0 Å². The molecule has 1 aromatic carbocycles. The molecule has 0 saturated carbocycles. The van der Waals surface area contributed by atoms with Gasteiger partial charge < -0.3 is 4.57 Å². The van der Waals surface area contributed by atoms with Crippen LogP contribution in [0.4, 0.5) is 0 Å². The number of nitrogens with zero attached hydrogens (tertiary/aromatic N) is 4. The molecule has 3 aromatic heterocycles. The topological polar surface area (TPSA) is 35.6 Å². The first kappa shape index (κ1) is 13.5. The molecule has 0 saturated heterocycles. The lowest BCUT2D eigenvalue weighted by Gasteiger charge is -2.04. The van der Waals surface area contributed by atoms with Gasteiger partial charge in [-0.2, -0.15) is 5.10 Å². The van der Waals surface area contributed by atoms with E-state index in [0.717, 1.165) is 33.4 Å². The number of pyridine rings is 1. The average molecular weight is 300 g/mol. The van der Waals surface area contributed by atoms with Crippen molar-refractivity contribution in [3.05, 3.63) is 85.0 Å². The summed E-state index contributed by atoms with van der Waals surface area (Å²) in [7, 11) is 1.99. The highest BCUT2D eigenvalue weighted by molar-refractivity contribution is 5.85. The van der Waals surface area contributed by atoms with Crippen LogP contribution in [0.2, 0.25) is 0 Å². The number of hydrogen-bond acceptors (Lipinski definition) is 2. The number of aryl methyl sites for hydroxylation is 1. The Morgan fingerprint density at radius 1 is 1.04 bits per heavy atom. The first-order valence-corrected chi connectivity index (χ1v) is 7.44. The molecule has 4 heteroatoms. The smallest absolute Gasteiger partial charge is 0.141 e. The molecule has 0 bridgehead atoms. The van der Waals surface area contributed by atoms with E-state index in [2.05, 4.69) is 34.9 Å². The van der Waals surface area contributed by atoms with Gasteiger partial charge in [0.15, 0.2) is 0 Å². The summed E-state index contributed by atoms with van der Waals surface area (Å²) in [6.07, 6.45) is 7.68. The molecule has 3 heterocycles. The van der Waals surface area contributed by atoms with Crippen LogP contribution in [0.5, 0.6) is 0 Å². The molecule has 0 N–H and O–H groups in total. The van der Waals surface area contributed by atoms with E-state index in [1.54, 1.807) is 0 Å². The average Bonchev–Trinajstić information content (AvgIpc) is 3.22. The Balaban J connectivity index is 1.77. The maximum Gasteiger partial charge on any atom is 0.141 e. The maximum atomic E-state index is 4.51. The van der Waals surface area contributed by atoms with Gasteiger partial charge in [-0.3, -0.25) is 0 Å². The van der Waals surface area contributed by atoms with Gasteiger partial charge in [-0.25, -0.2) is 9.67 Å². The van der Waals surface area contributed by atoms with Crippen molar-refractivity contribution in [1.29, 1.82) is 0 Å². The third-order valence-electron chi connectivity index (χ3n) is 4.05. The van der Waals surface area contributed by atoms with Crippen molar-refractivity contribution in [2.45, 2.75) is 0 Å². The summed E-state index contributed by atoms with van der Waals surface area (Å²) in [5, 5.41) is 5.59. The van der Waals surface area contributed by atoms with Crippen molar-refractivity contribution in [3.8, 4) is 5.69 Å². The highest BCUT2D eigenvalue weighted by Crippen LogP contribution is 2.24. The van der Waals surface area contributed by atoms with Gasteiger partial charge in [-0.1, -0.05) is 36.9 Å². The Morgan fingerprint density at radius 3 is 2.70 bits per heavy atom. The predicted octanol–water partition coefficient (Wildman–Crippen LogP) is 3.82. The van der Waals surface area contributed by atoms with Crippen LogP contribution >= 0.6 is 0 Å². The van der Waals surface area contributed by atoms with Gasteiger partial charge in [0.2, 0.25) is 0 Å². The van der Waals surface area contributed by atoms with Crippen LogP contribution in [-0.2, 0) is 7.05 Å². The molecular weight excluding hydrogens is 284 g/mol. The van der Waals surface area contributed by atoms with Gasteiger partial charge in [0, 0.05) is 36.6 Å². The zero-order chi connectivity index (χ0) is 15.8. The summed E-state index contributed by atoms with van der Waals surface area (Å²) >= 11 is 0. The van der Waals surface area contributed by atoms with E-state index in [4.69, 9.17) is 0 Å². The highest BCUT2D eigenvalue weighted by atomic mass is 15.3. The van der Waals surface area contributed by atoms with E-state index in [9.17, 15) is 0 Å². The minimum atomic E-state index is 0.946. The summed E-state index contributed by atoms with van der Waals surface area (Å²) in [5.74, 6) is 0. The Morgan fingerprint density at radius 2 is 1.87 bits per heavy atom. The highest BCUT2D eigenvalue weighted by Gasteiger charge is 2.10. The van der Waals surface area contributed by atoms with Crippen LogP contribution in [0.25, 0.3) is 22.3 Å². The molecule has 0 aliphatic heterocycles. The molecule has 0 aliphatic rings. The van der Waals surface area contributed by atoms with E-state index in [1.165, 1.54) is 0 Å². The molecule has 4 rings (SSSR count). The van der Waals surface area contributed by atoms with Crippen LogP contribution in [0.3, 0.4) is 0 Å². The van der Waals surface area contributed by atoms with Crippen molar-refractivity contribution < 1.29 is 0 Å². The number of hydrogen-bond donors (Lipinski definition) is 0. The molecule has 0 amide bonds. The van der Waals surface area contributed by atoms with E-state index >= 15 is 0 Å². The minimum Gasteiger partial charge on any atom is -0.336 e. The Kier molecular flexibility index (Phi) is 3.08. The SMILES string of the molecule is C=C(c1ccccc1)c1cnn(-c2ccnc3c2ccn3C)c1. The van der Waals surface area contributed by atoms with Gasteiger partial charge in [0.25, 0.3) is 0 Å². The maximum absolute atomic E-state index is 4.51. The van der Waals surface area contributed by atoms with E-state index < -0.39 is 0 Å². The zero-order valence-electron chi connectivity index (χ0n) is 12.8. The predicted molar refractivity (Wildman–Crippen MR) is 92.4 cm³/mol. The van der Waals surface area contributed by atoms with Crippen molar-refractivity contribution in [2.24, 2.45) is 7.05 Å². The van der Waals surface area contributed by atoms with E-state index in [1.807, 2.05) is 65.3 Å². The summed E-state index contributed by atoms with van der Waals surface area (Å²) in [6.45, 7) is 4.20. The van der Waals surface area contributed by atoms with Crippen molar-refractivity contribution in [1.82, 2.24) is 19.3 Å². The van der Waals surface area contributed by atoms with Gasteiger partial charge in [-0.05, 0) is 23.3 Å². The summed E-state index contributed by atoms with van der Waals surface area (Å²) in [6, 6.07) is 14.2. The van der Waals surface area contributed by atoms with Crippen molar-refractivity contribution >= 4 is 16.6 Å². The van der Waals surface area contributed by atoms with Gasteiger partial charge in [-0.15, -0.1) is 0 Å². The second kappa shape index (κ2) is 5.25. The first-order valence-electron chi connectivity index (χ1n) is 7.44. The number of benzene rings is 1. The van der Waals surface area contributed by atoms with Gasteiger partial charge in [0.1, 0.15) is 5.65 Å². The Hall–Kier alpha value is -3.14.